The van der Waals surface area contributed by atoms with E-state index >= 15 is 0 Å². The first-order valence-corrected chi connectivity index (χ1v) is 9.92. The fraction of sp³-hybridized carbons (Fsp3) is 0.176. The van der Waals surface area contributed by atoms with Gasteiger partial charge in [-0.2, -0.15) is 9.41 Å². The van der Waals surface area contributed by atoms with Crippen LogP contribution in [-0.4, -0.2) is 45.5 Å². The molecule has 0 unspecified atom stereocenters. The number of benzene rings is 2. The first kappa shape index (κ1) is 22.1. The van der Waals surface area contributed by atoms with Crippen LogP contribution >= 0.6 is 23.2 Å². The lowest BCUT2D eigenvalue weighted by molar-refractivity contribution is -0.121. The molecule has 0 aliphatic heterocycles. The standard InChI is InChI=1S/C17H16Cl2FN3O4S/c1-23(28(25,26)11-6-7-16(27-2)14(19)8-11)10-17(24)22-21-9-12-13(18)4-3-5-15(12)20/h3-9H,10H2,1-2H3,(H,22,24)/b21-9-. The Hall–Kier alpha value is -2.20. The average Bonchev–Trinajstić information content (AvgIpc) is 2.64. The van der Waals surface area contributed by atoms with E-state index < -0.39 is 28.3 Å². The molecule has 11 heteroatoms. The van der Waals surface area contributed by atoms with E-state index in [1.165, 1.54) is 50.6 Å². The van der Waals surface area contributed by atoms with Gasteiger partial charge in [-0.25, -0.2) is 18.2 Å². The van der Waals surface area contributed by atoms with E-state index in [4.69, 9.17) is 27.9 Å². The van der Waals surface area contributed by atoms with Gasteiger partial charge in [-0.05, 0) is 30.3 Å². The molecule has 150 valence electrons. The Bertz CT molecular complexity index is 995. The van der Waals surface area contributed by atoms with E-state index in [9.17, 15) is 17.6 Å². The van der Waals surface area contributed by atoms with Crippen LogP contribution in [-0.2, 0) is 14.8 Å². The zero-order valence-corrected chi connectivity index (χ0v) is 17.1. The van der Waals surface area contributed by atoms with Crippen molar-refractivity contribution in [3.63, 3.8) is 0 Å². The molecule has 0 aromatic heterocycles. The van der Waals surface area contributed by atoms with Crippen LogP contribution in [0, 0.1) is 5.82 Å². The summed E-state index contributed by atoms with van der Waals surface area (Å²) >= 11 is 11.8. The minimum absolute atomic E-state index is 0.00156. The summed E-state index contributed by atoms with van der Waals surface area (Å²) in [5, 5.41) is 3.84. The molecule has 2 rings (SSSR count). The molecule has 0 atom stereocenters. The highest BCUT2D eigenvalue weighted by Crippen LogP contribution is 2.28. The van der Waals surface area contributed by atoms with Gasteiger partial charge in [0.15, 0.2) is 0 Å². The maximum Gasteiger partial charge on any atom is 0.255 e. The highest BCUT2D eigenvalue weighted by atomic mass is 35.5. The highest BCUT2D eigenvalue weighted by Gasteiger charge is 2.24. The maximum atomic E-state index is 13.6. The molecule has 1 N–H and O–H groups in total. The number of rotatable bonds is 7. The van der Waals surface area contributed by atoms with Gasteiger partial charge in [-0.15, -0.1) is 0 Å². The summed E-state index contributed by atoms with van der Waals surface area (Å²) in [6.45, 7) is -0.520. The van der Waals surface area contributed by atoms with Gasteiger partial charge in [0, 0.05) is 12.6 Å². The zero-order valence-electron chi connectivity index (χ0n) is 14.8. The topological polar surface area (TPSA) is 88.1 Å². The number of ether oxygens (including phenoxy) is 1. The normalized spacial score (nSPS) is 11.8. The van der Waals surface area contributed by atoms with Crippen molar-refractivity contribution in [3.05, 3.63) is 57.8 Å². The number of sulfonamides is 1. The van der Waals surface area contributed by atoms with Crippen LogP contribution in [0.2, 0.25) is 10.0 Å². The molecule has 7 nitrogen and oxygen atoms in total. The molecule has 0 bridgehead atoms. The first-order chi connectivity index (χ1) is 13.2. The van der Waals surface area contributed by atoms with Crippen molar-refractivity contribution < 1.29 is 22.3 Å². The number of amides is 1. The largest absolute Gasteiger partial charge is 0.495 e. The third kappa shape index (κ3) is 5.20. The Morgan fingerprint density at radius 1 is 1.29 bits per heavy atom. The summed E-state index contributed by atoms with van der Waals surface area (Å²) in [4.78, 5) is 11.9. The van der Waals surface area contributed by atoms with Crippen molar-refractivity contribution in [3.8, 4) is 5.75 Å². The molecule has 0 spiro atoms. The second kappa shape index (κ2) is 9.33. The van der Waals surface area contributed by atoms with Crippen LogP contribution in [0.1, 0.15) is 5.56 Å². The summed E-state index contributed by atoms with van der Waals surface area (Å²) in [5.41, 5.74) is 2.12. The van der Waals surface area contributed by atoms with Crippen molar-refractivity contribution in [2.75, 3.05) is 20.7 Å². The molecule has 1 amide bonds. The van der Waals surface area contributed by atoms with E-state index in [1.807, 2.05) is 0 Å². The quantitative estimate of drug-likeness (QED) is 0.521. The maximum absolute atomic E-state index is 13.6. The fourth-order valence-electron chi connectivity index (χ4n) is 2.11. The van der Waals surface area contributed by atoms with Gasteiger partial charge >= 0.3 is 0 Å². The summed E-state index contributed by atoms with van der Waals surface area (Å²) in [5.74, 6) is -1.02. The van der Waals surface area contributed by atoms with Crippen LogP contribution in [0.5, 0.6) is 5.75 Å². The molecule has 0 saturated carbocycles. The van der Waals surface area contributed by atoms with Gasteiger partial charge in [-0.3, -0.25) is 4.79 Å². The number of halogens is 3. The molecular formula is C17H16Cl2FN3O4S. The number of hydrogen-bond donors (Lipinski definition) is 1. The Morgan fingerprint density at radius 2 is 2.00 bits per heavy atom. The second-order valence-electron chi connectivity index (χ2n) is 5.49. The number of nitrogens with zero attached hydrogens (tertiary/aromatic N) is 2. The number of methoxy groups -OCH3 is 1. The molecule has 0 fully saturated rings. The summed E-state index contributed by atoms with van der Waals surface area (Å²) < 4.78 is 44.5. The smallest absolute Gasteiger partial charge is 0.255 e. The van der Waals surface area contributed by atoms with Gasteiger partial charge in [0.2, 0.25) is 10.0 Å². The lowest BCUT2D eigenvalue weighted by Gasteiger charge is -2.16. The van der Waals surface area contributed by atoms with E-state index in [-0.39, 0.29) is 20.5 Å². The molecule has 0 radical (unpaired) electrons. The minimum atomic E-state index is -3.97. The first-order valence-electron chi connectivity index (χ1n) is 7.72. The highest BCUT2D eigenvalue weighted by molar-refractivity contribution is 7.89. The fourth-order valence-corrected chi connectivity index (χ4v) is 3.80. The molecule has 0 saturated heterocycles. The number of hydrogen-bond acceptors (Lipinski definition) is 5. The Balaban J connectivity index is 2.05. The van der Waals surface area contributed by atoms with E-state index in [0.29, 0.717) is 5.75 Å². The van der Waals surface area contributed by atoms with Gasteiger partial charge in [0.1, 0.15) is 11.6 Å². The predicted molar refractivity (Wildman–Crippen MR) is 105 cm³/mol. The lowest BCUT2D eigenvalue weighted by Crippen LogP contribution is -2.36. The van der Waals surface area contributed by atoms with Crippen molar-refractivity contribution >= 4 is 45.3 Å². The van der Waals surface area contributed by atoms with E-state index in [2.05, 4.69) is 10.5 Å². The lowest BCUT2D eigenvalue weighted by atomic mass is 10.2. The molecule has 2 aromatic carbocycles. The van der Waals surface area contributed by atoms with Crippen LogP contribution in [0.4, 0.5) is 4.39 Å². The molecule has 2 aromatic rings. The van der Waals surface area contributed by atoms with Gasteiger partial charge in [0.05, 0.1) is 34.8 Å². The van der Waals surface area contributed by atoms with Gasteiger partial charge < -0.3 is 4.74 Å². The van der Waals surface area contributed by atoms with Crippen LogP contribution in [0.25, 0.3) is 0 Å². The number of likely N-dealkylation sites (N-methyl/N-ethyl adjacent to an activating group) is 1. The predicted octanol–water partition coefficient (Wildman–Crippen LogP) is 2.91. The molecule has 0 aliphatic carbocycles. The third-order valence-corrected chi connectivity index (χ3v) is 6.00. The minimum Gasteiger partial charge on any atom is -0.495 e. The summed E-state index contributed by atoms with van der Waals surface area (Å²) in [6.07, 6.45) is 1.04. The second-order valence-corrected chi connectivity index (χ2v) is 8.35. The van der Waals surface area contributed by atoms with Crippen molar-refractivity contribution in [2.24, 2.45) is 5.10 Å². The van der Waals surface area contributed by atoms with Crippen molar-refractivity contribution in [1.29, 1.82) is 0 Å². The van der Waals surface area contributed by atoms with Crippen molar-refractivity contribution in [1.82, 2.24) is 9.73 Å². The van der Waals surface area contributed by atoms with Gasteiger partial charge in [-0.1, -0.05) is 29.3 Å². The van der Waals surface area contributed by atoms with Crippen LogP contribution in [0.3, 0.4) is 0 Å². The SMILES string of the molecule is COc1ccc(S(=O)(=O)N(C)CC(=O)N/N=C\c2c(F)cccc2Cl)cc1Cl. The molecule has 28 heavy (non-hydrogen) atoms. The molecular weight excluding hydrogens is 432 g/mol. The third-order valence-electron chi connectivity index (χ3n) is 3.58. The van der Waals surface area contributed by atoms with E-state index in [1.54, 1.807) is 0 Å². The Morgan fingerprint density at radius 3 is 2.61 bits per heavy atom. The zero-order chi connectivity index (χ0) is 20.9. The van der Waals surface area contributed by atoms with Crippen molar-refractivity contribution in [2.45, 2.75) is 4.90 Å². The van der Waals surface area contributed by atoms with Crippen LogP contribution in [0.15, 0.2) is 46.4 Å². The summed E-state index contributed by atoms with van der Waals surface area (Å²) in [7, 11) is -1.34. The molecule has 0 heterocycles. The van der Waals surface area contributed by atoms with Gasteiger partial charge in [0.25, 0.3) is 5.91 Å². The number of nitrogens with one attached hydrogen (secondary N) is 1. The monoisotopic (exact) mass is 447 g/mol. The number of carbonyl (C=O) groups is 1. The average molecular weight is 448 g/mol. The number of carbonyl (C=O) groups excluding carboxylic acids is 1. The summed E-state index contributed by atoms with van der Waals surface area (Å²) in [6, 6.07) is 8.03. The Kier molecular flexibility index (Phi) is 7.36. The molecule has 0 aliphatic rings. The number of hydrazone groups is 1. The van der Waals surface area contributed by atoms with E-state index in [0.717, 1.165) is 10.5 Å². The Labute approximate surface area is 171 Å². The van der Waals surface area contributed by atoms with Crippen LogP contribution < -0.4 is 10.2 Å².